The van der Waals surface area contributed by atoms with Crippen molar-refractivity contribution in [2.45, 2.75) is 38.7 Å². The lowest BCUT2D eigenvalue weighted by Gasteiger charge is -2.29. The molecule has 5 heteroatoms. The van der Waals surface area contributed by atoms with Crippen molar-refractivity contribution < 1.29 is 14.6 Å². The van der Waals surface area contributed by atoms with Gasteiger partial charge in [0.2, 0.25) is 12.3 Å². The van der Waals surface area contributed by atoms with Crippen LogP contribution in [0.5, 0.6) is 0 Å². The Hall–Kier alpha value is -2.14. The molecule has 1 aromatic carbocycles. The number of fused-ring (bicyclic) bond motifs is 1. The zero-order chi connectivity index (χ0) is 17.5. The van der Waals surface area contributed by atoms with Gasteiger partial charge in [-0.2, -0.15) is 0 Å². The summed E-state index contributed by atoms with van der Waals surface area (Å²) in [6.45, 7) is 2.63. The standard InChI is InChI=1S/C19H26N2O3/c1-4-16(23)7-5-14-6-8-17-15(11-14)9-10-21(13-22)18(17)12-19(20-2)24-3/h6,8,11-13,16,23H,4-5,7,9-10H2,1-3H3/b18-12-,20-19?. The van der Waals surface area contributed by atoms with Gasteiger partial charge in [-0.15, -0.1) is 0 Å². The minimum absolute atomic E-state index is 0.243. The number of amides is 1. The molecular formula is C19H26N2O3. The molecule has 0 fully saturated rings. The molecule has 1 unspecified atom stereocenters. The zero-order valence-electron chi connectivity index (χ0n) is 14.7. The molecule has 0 saturated heterocycles. The van der Waals surface area contributed by atoms with Gasteiger partial charge in [-0.1, -0.05) is 25.1 Å². The molecule has 2 rings (SSSR count). The summed E-state index contributed by atoms with van der Waals surface area (Å²) in [4.78, 5) is 17.1. The molecule has 0 radical (unpaired) electrons. The zero-order valence-corrected chi connectivity index (χ0v) is 14.7. The van der Waals surface area contributed by atoms with E-state index >= 15 is 0 Å². The van der Waals surface area contributed by atoms with Gasteiger partial charge in [-0.05, 0) is 36.8 Å². The number of carbonyl (C=O) groups is 1. The predicted octanol–water partition coefficient (Wildman–Crippen LogP) is 2.42. The van der Waals surface area contributed by atoms with E-state index in [0.717, 1.165) is 43.4 Å². The first-order valence-corrected chi connectivity index (χ1v) is 8.37. The molecule has 0 aromatic heterocycles. The van der Waals surface area contributed by atoms with Crippen molar-refractivity contribution in [3.8, 4) is 0 Å². The van der Waals surface area contributed by atoms with Gasteiger partial charge in [0.1, 0.15) is 0 Å². The second-order valence-electron chi connectivity index (χ2n) is 5.94. The van der Waals surface area contributed by atoms with Crippen molar-refractivity contribution in [2.75, 3.05) is 20.7 Å². The maximum Gasteiger partial charge on any atom is 0.214 e. The van der Waals surface area contributed by atoms with Gasteiger partial charge in [0, 0.05) is 25.2 Å². The molecule has 1 amide bonds. The number of carbonyl (C=O) groups excluding carboxylic acids is 1. The van der Waals surface area contributed by atoms with E-state index in [1.807, 2.05) is 13.0 Å². The molecule has 1 heterocycles. The highest BCUT2D eigenvalue weighted by atomic mass is 16.5. The van der Waals surface area contributed by atoms with Crippen molar-refractivity contribution in [1.82, 2.24) is 4.90 Å². The summed E-state index contributed by atoms with van der Waals surface area (Å²) in [6, 6.07) is 6.30. The summed E-state index contributed by atoms with van der Waals surface area (Å²) in [7, 11) is 3.23. The monoisotopic (exact) mass is 330 g/mol. The number of benzene rings is 1. The van der Waals surface area contributed by atoms with Crippen LogP contribution in [0.3, 0.4) is 0 Å². The van der Waals surface area contributed by atoms with Crippen LogP contribution >= 0.6 is 0 Å². The quantitative estimate of drug-likeness (QED) is 0.495. The molecule has 0 aliphatic carbocycles. The van der Waals surface area contributed by atoms with E-state index in [4.69, 9.17) is 4.74 Å². The third kappa shape index (κ3) is 4.23. The van der Waals surface area contributed by atoms with Crippen LogP contribution in [-0.4, -0.2) is 49.1 Å². The minimum atomic E-state index is -0.243. The largest absolute Gasteiger partial charge is 0.481 e. The molecule has 1 atom stereocenters. The molecule has 1 aromatic rings. The van der Waals surface area contributed by atoms with Gasteiger partial charge in [-0.3, -0.25) is 9.79 Å². The molecule has 130 valence electrons. The second kappa shape index (κ2) is 8.64. The first-order chi connectivity index (χ1) is 11.6. The number of aryl methyl sites for hydroxylation is 1. The fourth-order valence-electron chi connectivity index (χ4n) is 2.91. The van der Waals surface area contributed by atoms with E-state index in [1.54, 1.807) is 25.1 Å². The summed E-state index contributed by atoms with van der Waals surface area (Å²) >= 11 is 0. The SMILES string of the molecule is CCC(O)CCc1ccc2c(c1)CCN(C=O)/C2=C\C(=NC)OC. The number of nitrogens with zero attached hydrogens (tertiary/aromatic N) is 2. The van der Waals surface area contributed by atoms with Crippen molar-refractivity contribution >= 4 is 18.0 Å². The third-order valence-corrected chi connectivity index (χ3v) is 4.43. The van der Waals surface area contributed by atoms with Crippen LogP contribution < -0.4 is 0 Å². The maximum absolute atomic E-state index is 11.4. The highest BCUT2D eigenvalue weighted by molar-refractivity contribution is 5.97. The Balaban J connectivity index is 2.31. The van der Waals surface area contributed by atoms with Crippen LogP contribution in [0.4, 0.5) is 0 Å². The highest BCUT2D eigenvalue weighted by Gasteiger charge is 2.21. The number of aliphatic imine (C=N–C) groups is 1. The Morgan fingerprint density at radius 2 is 2.29 bits per heavy atom. The first-order valence-electron chi connectivity index (χ1n) is 8.37. The van der Waals surface area contributed by atoms with Gasteiger partial charge < -0.3 is 14.7 Å². The van der Waals surface area contributed by atoms with E-state index in [1.165, 1.54) is 11.1 Å². The molecule has 24 heavy (non-hydrogen) atoms. The Kier molecular flexibility index (Phi) is 6.55. The second-order valence-corrected chi connectivity index (χ2v) is 5.94. The lowest BCUT2D eigenvalue weighted by Crippen LogP contribution is -2.29. The van der Waals surface area contributed by atoms with Crippen molar-refractivity contribution in [3.05, 3.63) is 41.0 Å². The van der Waals surface area contributed by atoms with Gasteiger partial charge >= 0.3 is 0 Å². The van der Waals surface area contributed by atoms with E-state index in [2.05, 4.69) is 17.1 Å². The Labute approximate surface area is 143 Å². The number of aliphatic hydroxyl groups is 1. The Morgan fingerprint density at radius 3 is 2.92 bits per heavy atom. The molecule has 5 nitrogen and oxygen atoms in total. The van der Waals surface area contributed by atoms with Gasteiger partial charge in [-0.25, -0.2) is 0 Å². The summed E-state index contributed by atoms with van der Waals surface area (Å²) in [5.41, 5.74) is 4.28. The minimum Gasteiger partial charge on any atom is -0.481 e. The Bertz CT molecular complexity index is 637. The van der Waals surface area contributed by atoms with E-state index in [0.29, 0.717) is 12.4 Å². The van der Waals surface area contributed by atoms with E-state index in [9.17, 15) is 9.90 Å². The van der Waals surface area contributed by atoms with Crippen LogP contribution in [0, 0.1) is 0 Å². The van der Waals surface area contributed by atoms with E-state index < -0.39 is 0 Å². The topological polar surface area (TPSA) is 62.1 Å². The molecular weight excluding hydrogens is 304 g/mol. The lowest BCUT2D eigenvalue weighted by molar-refractivity contribution is -0.115. The van der Waals surface area contributed by atoms with Gasteiger partial charge in [0.05, 0.1) is 18.9 Å². The highest BCUT2D eigenvalue weighted by Crippen LogP contribution is 2.29. The lowest BCUT2D eigenvalue weighted by atomic mass is 9.92. The van der Waals surface area contributed by atoms with Gasteiger partial charge in [0.15, 0.2) is 0 Å². The predicted molar refractivity (Wildman–Crippen MR) is 95.9 cm³/mol. The normalized spacial score (nSPS) is 17.6. The van der Waals surface area contributed by atoms with Crippen molar-refractivity contribution in [3.63, 3.8) is 0 Å². The van der Waals surface area contributed by atoms with Crippen molar-refractivity contribution in [1.29, 1.82) is 0 Å². The smallest absolute Gasteiger partial charge is 0.214 e. The maximum atomic E-state index is 11.4. The molecule has 0 bridgehead atoms. The third-order valence-electron chi connectivity index (χ3n) is 4.43. The number of methoxy groups -OCH3 is 1. The summed E-state index contributed by atoms with van der Waals surface area (Å²) < 4.78 is 5.21. The average molecular weight is 330 g/mol. The molecule has 1 N–H and O–H groups in total. The Morgan fingerprint density at radius 1 is 1.50 bits per heavy atom. The molecule has 0 saturated carbocycles. The fourth-order valence-corrected chi connectivity index (χ4v) is 2.91. The summed E-state index contributed by atoms with van der Waals surface area (Å²) in [6.07, 6.45) is 5.64. The summed E-state index contributed by atoms with van der Waals surface area (Å²) in [5, 5.41) is 9.74. The summed E-state index contributed by atoms with van der Waals surface area (Å²) in [5.74, 6) is 0.486. The molecule has 1 aliphatic heterocycles. The van der Waals surface area contributed by atoms with Crippen molar-refractivity contribution in [2.24, 2.45) is 4.99 Å². The van der Waals surface area contributed by atoms with E-state index in [-0.39, 0.29) is 6.10 Å². The number of hydrogen-bond acceptors (Lipinski definition) is 4. The number of hydrogen-bond donors (Lipinski definition) is 1. The van der Waals surface area contributed by atoms with Gasteiger partial charge in [0.25, 0.3) is 0 Å². The fraction of sp³-hybridized carbons (Fsp3) is 0.474. The van der Waals surface area contributed by atoms with Crippen LogP contribution in [-0.2, 0) is 22.4 Å². The average Bonchev–Trinajstić information content (AvgIpc) is 2.63. The van der Waals surface area contributed by atoms with Crippen LogP contribution in [0.15, 0.2) is 29.3 Å². The first kappa shape index (κ1) is 18.2. The number of rotatable bonds is 6. The number of aliphatic hydroxyl groups excluding tert-OH is 1. The molecule has 0 spiro atoms. The van der Waals surface area contributed by atoms with Crippen LogP contribution in [0.2, 0.25) is 0 Å². The number of ether oxygens (including phenoxy) is 1. The van der Waals surface area contributed by atoms with Crippen LogP contribution in [0.25, 0.3) is 5.70 Å². The molecule has 1 aliphatic rings. The van der Waals surface area contributed by atoms with Crippen LogP contribution in [0.1, 0.15) is 36.5 Å².